The fourth-order valence-corrected chi connectivity index (χ4v) is 2.82. The summed E-state index contributed by atoms with van der Waals surface area (Å²) in [4.78, 5) is 14.6. The summed E-state index contributed by atoms with van der Waals surface area (Å²) in [6.07, 6.45) is 2.17. The molecule has 0 saturated carbocycles. The van der Waals surface area contributed by atoms with E-state index in [2.05, 4.69) is 17.6 Å². The largest absolute Gasteiger partial charge is 0.350 e. The Bertz CT molecular complexity index is 442. The number of hydrogen-bond acceptors (Lipinski definition) is 3. The molecule has 0 aromatic heterocycles. The van der Waals surface area contributed by atoms with E-state index in [4.69, 9.17) is 0 Å². The Hall–Kier alpha value is -0.810. The summed E-state index contributed by atoms with van der Waals surface area (Å²) in [5.41, 5.74) is 1.03. The highest BCUT2D eigenvalue weighted by molar-refractivity contribution is 5.85. The van der Waals surface area contributed by atoms with Crippen LogP contribution in [0.5, 0.6) is 0 Å². The topological polar surface area (TPSA) is 44.4 Å². The van der Waals surface area contributed by atoms with Crippen LogP contribution in [0.1, 0.15) is 31.4 Å². The van der Waals surface area contributed by atoms with Gasteiger partial charge in [-0.05, 0) is 46.0 Å². The number of halogens is 2. The van der Waals surface area contributed by atoms with E-state index in [9.17, 15) is 4.79 Å². The number of hydrogen-bond donors (Lipinski definition) is 2. The number of benzene rings is 1. The zero-order valence-electron chi connectivity index (χ0n) is 13.4. The lowest BCUT2D eigenvalue weighted by atomic mass is 9.98. The second kappa shape index (κ2) is 10.1. The summed E-state index contributed by atoms with van der Waals surface area (Å²) in [5, 5.41) is 6.62. The van der Waals surface area contributed by atoms with Gasteiger partial charge in [0.2, 0.25) is 5.91 Å². The van der Waals surface area contributed by atoms with Crippen molar-refractivity contribution in [2.75, 3.05) is 20.6 Å². The monoisotopic (exact) mass is 347 g/mol. The first-order valence-electron chi connectivity index (χ1n) is 7.34. The standard InChI is InChI=1S/C16H25N3O.2ClH/c1-12-14(10-7-11-17-12)18-16(20)15(19(2)3)13-8-5-4-6-9-13;;/h4-6,8-9,12,14-15,17H,7,10-11H2,1-3H3,(H,18,20);2*1H. The summed E-state index contributed by atoms with van der Waals surface area (Å²) >= 11 is 0. The Balaban J connectivity index is 0.00000220. The molecular formula is C16H27Cl2N3O. The molecule has 1 aromatic rings. The van der Waals surface area contributed by atoms with E-state index in [0.29, 0.717) is 6.04 Å². The second-order valence-corrected chi connectivity index (χ2v) is 5.78. The molecular weight excluding hydrogens is 321 g/mol. The minimum absolute atomic E-state index is 0. The summed E-state index contributed by atoms with van der Waals surface area (Å²) in [6, 6.07) is 10.3. The van der Waals surface area contributed by atoms with E-state index in [0.717, 1.165) is 24.9 Å². The van der Waals surface area contributed by atoms with Crippen LogP contribution in [0.15, 0.2) is 30.3 Å². The van der Waals surface area contributed by atoms with Crippen molar-refractivity contribution < 1.29 is 4.79 Å². The van der Waals surface area contributed by atoms with Crippen LogP contribution in [0.4, 0.5) is 0 Å². The maximum atomic E-state index is 12.6. The SMILES string of the molecule is CC1NCCCC1NC(=O)C(c1ccccc1)N(C)C.Cl.Cl. The predicted molar refractivity (Wildman–Crippen MR) is 96.0 cm³/mol. The van der Waals surface area contributed by atoms with Gasteiger partial charge in [-0.3, -0.25) is 9.69 Å². The first-order chi connectivity index (χ1) is 9.59. The highest BCUT2D eigenvalue weighted by Gasteiger charge is 2.28. The molecule has 22 heavy (non-hydrogen) atoms. The highest BCUT2D eigenvalue weighted by Crippen LogP contribution is 2.19. The molecule has 3 unspecified atom stereocenters. The summed E-state index contributed by atoms with van der Waals surface area (Å²) < 4.78 is 0. The molecule has 1 aliphatic heterocycles. The Morgan fingerprint density at radius 1 is 1.27 bits per heavy atom. The van der Waals surface area contributed by atoms with Crippen molar-refractivity contribution in [2.24, 2.45) is 0 Å². The van der Waals surface area contributed by atoms with Crippen molar-refractivity contribution >= 4 is 30.7 Å². The fraction of sp³-hybridized carbons (Fsp3) is 0.562. The van der Waals surface area contributed by atoms with Crippen molar-refractivity contribution in [2.45, 2.75) is 37.9 Å². The van der Waals surface area contributed by atoms with Crippen LogP contribution in [0, 0.1) is 0 Å². The summed E-state index contributed by atoms with van der Waals surface area (Å²) in [7, 11) is 3.89. The molecule has 0 radical (unpaired) electrons. The highest BCUT2D eigenvalue weighted by atomic mass is 35.5. The van der Waals surface area contributed by atoms with Crippen molar-refractivity contribution in [3.63, 3.8) is 0 Å². The van der Waals surface area contributed by atoms with Gasteiger partial charge in [0, 0.05) is 12.1 Å². The van der Waals surface area contributed by atoms with Crippen LogP contribution in [-0.2, 0) is 4.79 Å². The van der Waals surface area contributed by atoms with Crippen LogP contribution in [0.3, 0.4) is 0 Å². The molecule has 1 heterocycles. The third-order valence-corrected chi connectivity index (χ3v) is 3.97. The van der Waals surface area contributed by atoms with Crippen LogP contribution in [0.2, 0.25) is 0 Å². The first-order valence-corrected chi connectivity index (χ1v) is 7.34. The lowest BCUT2D eigenvalue weighted by Gasteiger charge is -2.33. The van der Waals surface area contributed by atoms with Crippen LogP contribution >= 0.6 is 24.8 Å². The van der Waals surface area contributed by atoms with Gasteiger partial charge in [0.25, 0.3) is 0 Å². The van der Waals surface area contributed by atoms with E-state index < -0.39 is 0 Å². The average molecular weight is 348 g/mol. The third-order valence-electron chi connectivity index (χ3n) is 3.97. The van der Waals surface area contributed by atoms with Gasteiger partial charge < -0.3 is 10.6 Å². The lowest BCUT2D eigenvalue weighted by molar-refractivity contribution is -0.126. The van der Waals surface area contributed by atoms with Gasteiger partial charge in [-0.1, -0.05) is 30.3 Å². The zero-order chi connectivity index (χ0) is 14.5. The number of nitrogens with zero attached hydrogens (tertiary/aromatic N) is 1. The first kappa shape index (κ1) is 21.2. The van der Waals surface area contributed by atoms with Gasteiger partial charge in [0.15, 0.2) is 0 Å². The molecule has 2 N–H and O–H groups in total. The molecule has 4 nitrogen and oxygen atoms in total. The van der Waals surface area contributed by atoms with Crippen LogP contribution < -0.4 is 10.6 Å². The minimum Gasteiger partial charge on any atom is -0.350 e. The molecule has 1 aromatic carbocycles. The van der Waals surface area contributed by atoms with Crippen LogP contribution in [-0.4, -0.2) is 43.5 Å². The number of carbonyl (C=O) groups excluding carboxylic acids is 1. The molecule has 6 heteroatoms. The van der Waals surface area contributed by atoms with E-state index in [1.165, 1.54) is 0 Å². The fourth-order valence-electron chi connectivity index (χ4n) is 2.82. The van der Waals surface area contributed by atoms with E-state index >= 15 is 0 Å². The molecule has 0 spiro atoms. The molecule has 0 aliphatic carbocycles. The van der Waals surface area contributed by atoms with Crippen molar-refractivity contribution in [1.82, 2.24) is 15.5 Å². The zero-order valence-corrected chi connectivity index (χ0v) is 15.0. The molecule has 1 amide bonds. The minimum atomic E-state index is -0.231. The third kappa shape index (κ3) is 5.43. The van der Waals surface area contributed by atoms with E-state index in [1.807, 2.05) is 49.3 Å². The molecule has 1 saturated heterocycles. The number of rotatable bonds is 4. The number of amides is 1. The quantitative estimate of drug-likeness (QED) is 0.878. The molecule has 126 valence electrons. The Labute approximate surface area is 145 Å². The Morgan fingerprint density at radius 2 is 1.91 bits per heavy atom. The van der Waals surface area contributed by atoms with Crippen molar-refractivity contribution in [1.29, 1.82) is 0 Å². The Kier molecular flexibility index (Phi) is 9.69. The summed E-state index contributed by atoms with van der Waals surface area (Å²) in [5.74, 6) is 0.0850. The summed E-state index contributed by atoms with van der Waals surface area (Å²) in [6.45, 7) is 3.18. The average Bonchev–Trinajstić information content (AvgIpc) is 2.42. The number of likely N-dealkylation sites (N-methyl/N-ethyl adjacent to an activating group) is 1. The number of carbonyl (C=O) groups is 1. The van der Waals surface area contributed by atoms with Gasteiger partial charge in [0.1, 0.15) is 6.04 Å². The van der Waals surface area contributed by atoms with Crippen LogP contribution in [0.25, 0.3) is 0 Å². The van der Waals surface area contributed by atoms with Crippen molar-refractivity contribution in [3.05, 3.63) is 35.9 Å². The maximum Gasteiger partial charge on any atom is 0.242 e. The molecule has 1 aliphatic rings. The van der Waals surface area contributed by atoms with Gasteiger partial charge in [-0.15, -0.1) is 24.8 Å². The second-order valence-electron chi connectivity index (χ2n) is 5.78. The normalized spacial score (nSPS) is 22.2. The Morgan fingerprint density at radius 3 is 2.45 bits per heavy atom. The predicted octanol–water partition coefficient (Wildman–Crippen LogP) is 2.39. The number of nitrogens with one attached hydrogen (secondary N) is 2. The van der Waals surface area contributed by atoms with Gasteiger partial charge >= 0.3 is 0 Å². The smallest absolute Gasteiger partial charge is 0.242 e. The molecule has 3 atom stereocenters. The molecule has 2 rings (SSSR count). The molecule has 1 fully saturated rings. The lowest BCUT2D eigenvalue weighted by Crippen LogP contribution is -2.53. The molecule has 0 bridgehead atoms. The van der Waals surface area contributed by atoms with Gasteiger partial charge in [-0.25, -0.2) is 0 Å². The maximum absolute atomic E-state index is 12.6. The van der Waals surface area contributed by atoms with Crippen molar-refractivity contribution in [3.8, 4) is 0 Å². The van der Waals surface area contributed by atoms with Gasteiger partial charge in [0.05, 0.1) is 0 Å². The van der Waals surface area contributed by atoms with E-state index in [1.54, 1.807) is 0 Å². The number of piperidine rings is 1. The van der Waals surface area contributed by atoms with Gasteiger partial charge in [-0.2, -0.15) is 0 Å². The van der Waals surface area contributed by atoms with E-state index in [-0.39, 0.29) is 42.8 Å².